The first kappa shape index (κ1) is 20.0. The van der Waals surface area contributed by atoms with Crippen LogP contribution in [0.25, 0.3) is 0 Å². The molecule has 2 aromatic carbocycles. The van der Waals surface area contributed by atoms with Gasteiger partial charge >= 0.3 is 6.09 Å². The molecule has 2 heterocycles. The maximum absolute atomic E-state index is 13.1. The van der Waals surface area contributed by atoms with Crippen molar-refractivity contribution in [1.29, 1.82) is 0 Å². The lowest BCUT2D eigenvalue weighted by Gasteiger charge is -2.47. The normalized spacial score (nSPS) is 27.2. The summed E-state index contributed by atoms with van der Waals surface area (Å²) in [6.07, 6.45) is 2.53. The van der Waals surface area contributed by atoms with Crippen LogP contribution in [0, 0.1) is 0 Å². The zero-order valence-corrected chi connectivity index (χ0v) is 17.6. The highest BCUT2D eigenvalue weighted by Gasteiger charge is 2.53. The number of nitrogens with zero attached hydrogens (tertiary/aromatic N) is 1. The van der Waals surface area contributed by atoms with Crippen molar-refractivity contribution in [1.82, 2.24) is 4.90 Å². The molecule has 0 radical (unpaired) electrons. The molecule has 2 aromatic rings. The summed E-state index contributed by atoms with van der Waals surface area (Å²) in [5.74, 6) is 0.348. The lowest BCUT2D eigenvalue weighted by Crippen LogP contribution is -2.53. The van der Waals surface area contributed by atoms with Crippen molar-refractivity contribution in [2.75, 3.05) is 13.2 Å². The summed E-state index contributed by atoms with van der Waals surface area (Å²) in [5.41, 5.74) is 1.53. The van der Waals surface area contributed by atoms with Gasteiger partial charge in [-0.25, -0.2) is 4.79 Å². The number of carbonyl (C=O) groups excluding carboxylic acids is 1. The molecule has 0 aromatic heterocycles. The van der Waals surface area contributed by atoms with Crippen LogP contribution in [0.1, 0.15) is 63.1 Å². The molecule has 0 saturated carbocycles. The van der Waals surface area contributed by atoms with Gasteiger partial charge in [-0.05, 0) is 51.2 Å². The average molecular weight is 394 g/mol. The van der Waals surface area contributed by atoms with Crippen LogP contribution in [0.15, 0.2) is 60.7 Å². The molecule has 1 amide bonds. The van der Waals surface area contributed by atoms with E-state index in [1.165, 1.54) is 5.56 Å². The molecule has 0 aliphatic carbocycles. The summed E-state index contributed by atoms with van der Waals surface area (Å²) in [6, 6.07) is 20.7. The molecule has 4 heteroatoms. The first-order valence-electron chi connectivity index (χ1n) is 10.6. The smallest absolute Gasteiger partial charge is 0.410 e. The molecular weight excluding hydrogens is 362 g/mol. The predicted octanol–water partition coefficient (Wildman–Crippen LogP) is 5.70. The molecule has 0 N–H and O–H groups in total. The van der Waals surface area contributed by atoms with E-state index in [0.717, 1.165) is 24.8 Å². The first-order chi connectivity index (χ1) is 13.9. The minimum atomic E-state index is -0.522. The predicted molar refractivity (Wildman–Crippen MR) is 114 cm³/mol. The van der Waals surface area contributed by atoms with Gasteiger partial charge in [0, 0.05) is 12.5 Å². The van der Waals surface area contributed by atoms with Gasteiger partial charge in [0.05, 0.1) is 18.2 Å². The molecule has 4 rings (SSSR count). The summed E-state index contributed by atoms with van der Waals surface area (Å²) in [7, 11) is 0. The summed E-state index contributed by atoms with van der Waals surface area (Å²) < 4.78 is 12.4. The molecule has 0 bridgehead atoms. The zero-order valence-electron chi connectivity index (χ0n) is 17.6. The maximum Gasteiger partial charge on any atom is 0.410 e. The number of likely N-dealkylation sites (tertiary alicyclic amines) is 1. The number of carbonyl (C=O) groups is 1. The van der Waals surface area contributed by atoms with E-state index in [1.54, 1.807) is 0 Å². The molecule has 2 saturated heterocycles. The molecule has 0 unspecified atom stereocenters. The molecule has 1 spiro atoms. The summed E-state index contributed by atoms with van der Waals surface area (Å²) in [4.78, 5) is 15.0. The average Bonchev–Trinajstić information content (AvgIpc) is 3.12. The van der Waals surface area contributed by atoms with E-state index in [-0.39, 0.29) is 17.7 Å². The lowest BCUT2D eigenvalue weighted by atomic mass is 9.76. The minimum Gasteiger partial charge on any atom is -0.444 e. The number of benzene rings is 2. The molecule has 4 nitrogen and oxygen atoms in total. The fraction of sp³-hybridized carbons (Fsp3) is 0.480. The van der Waals surface area contributed by atoms with Gasteiger partial charge in [0.15, 0.2) is 0 Å². The van der Waals surface area contributed by atoms with Crippen molar-refractivity contribution in [3.8, 4) is 0 Å². The van der Waals surface area contributed by atoms with Crippen LogP contribution >= 0.6 is 0 Å². The van der Waals surface area contributed by atoms with E-state index < -0.39 is 5.60 Å². The van der Waals surface area contributed by atoms with Crippen molar-refractivity contribution >= 4 is 6.09 Å². The summed E-state index contributed by atoms with van der Waals surface area (Å²) in [5, 5.41) is 0. The fourth-order valence-electron chi connectivity index (χ4n) is 4.84. The van der Waals surface area contributed by atoms with Crippen molar-refractivity contribution < 1.29 is 14.3 Å². The van der Waals surface area contributed by atoms with Crippen LogP contribution in [0.2, 0.25) is 0 Å². The Balaban J connectivity index is 1.68. The second-order valence-corrected chi connectivity index (χ2v) is 9.28. The summed E-state index contributed by atoms with van der Waals surface area (Å²) in [6.45, 7) is 7.13. The quantitative estimate of drug-likeness (QED) is 0.657. The minimum absolute atomic E-state index is 0.138. The van der Waals surface area contributed by atoms with Gasteiger partial charge in [-0.1, -0.05) is 60.7 Å². The van der Waals surface area contributed by atoms with E-state index >= 15 is 0 Å². The van der Waals surface area contributed by atoms with Gasteiger partial charge in [0.2, 0.25) is 0 Å². The second kappa shape index (κ2) is 7.83. The van der Waals surface area contributed by atoms with E-state index in [1.807, 2.05) is 49.9 Å². The van der Waals surface area contributed by atoms with E-state index in [2.05, 4.69) is 36.4 Å². The number of rotatable bonds is 2. The van der Waals surface area contributed by atoms with Crippen molar-refractivity contribution in [3.05, 3.63) is 71.8 Å². The standard InChI is InChI=1S/C25H31NO3/c1-24(2,3)29-23(27)26-16-10-15-25(22(26)20-13-8-5-9-14-20)17-21(18-28-25)19-11-6-4-7-12-19/h4-9,11-14,21-22H,10,15-18H2,1-3H3/t21-,22-,25+/m0/s1. The largest absolute Gasteiger partial charge is 0.444 e. The number of ether oxygens (including phenoxy) is 2. The monoisotopic (exact) mass is 393 g/mol. The van der Waals surface area contributed by atoms with Crippen molar-refractivity contribution in [3.63, 3.8) is 0 Å². The van der Waals surface area contributed by atoms with E-state index in [0.29, 0.717) is 19.1 Å². The molecule has 2 aliphatic heterocycles. The maximum atomic E-state index is 13.1. The van der Waals surface area contributed by atoms with E-state index in [4.69, 9.17) is 9.47 Å². The van der Waals surface area contributed by atoms with Gasteiger partial charge in [-0.2, -0.15) is 0 Å². The van der Waals surface area contributed by atoms with Crippen LogP contribution in [0.5, 0.6) is 0 Å². The van der Waals surface area contributed by atoms with Gasteiger partial charge in [-0.3, -0.25) is 4.90 Å². The van der Waals surface area contributed by atoms with Gasteiger partial charge in [0.25, 0.3) is 0 Å². The number of hydrogen-bond acceptors (Lipinski definition) is 3. The lowest BCUT2D eigenvalue weighted by molar-refractivity contribution is -0.0981. The highest BCUT2D eigenvalue weighted by atomic mass is 16.6. The SMILES string of the molecule is CC(C)(C)OC(=O)N1CCC[C@@]2(C[C@H](c3ccccc3)CO2)[C@@H]1c1ccccc1. The Morgan fingerprint density at radius 1 is 1.03 bits per heavy atom. The fourth-order valence-corrected chi connectivity index (χ4v) is 4.84. The second-order valence-electron chi connectivity index (χ2n) is 9.28. The molecule has 2 aliphatic rings. The molecule has 2 fully saturated rings. The highest BCUT2D eigenvalue weighted by molar-refractivity contribution is 5.69. The van der Waals surface area contributed by atoms with Gasteiger partial charge < -0.3 is 9.47 Å². The molecule has 29 heavy (non-hydrogen) atoms. The third kappa shape index (κ3) is 4.18. The Bertz CT molecular complexity index is 830. The third-order valence-electron chi connectivity index (χ3n) is 5.99. The number of amides is 1. The van der Waals surface area contributed by atoms with Crippen LogP contribution in [-0.4, -0.2) is 35.3 Å². The first-order valence-corrected chi connectivity index (χ1v) is 10.6. The van der Waals surface area contributed by atoms with Crippen LogP contribution in [-0.2, 0) is 9.47 Å². The summed E-state index contributed by atoms with van der Waals surface area (Å²) >= 11 is 0. The zero-order chi connectivity index (χ0) is 20.5. The van der Waals surface area contributed by atoms with Crippen LogP contribution < -0.4 is 0 Å². The third-order valence-corrected chi connectivity index (χ3v) is 5.99. The molecule has 3 atom stereocenters. The Kier molecular flexibility index (Phi) is 5.39. The highest BCUT2D eigenvalue weighted by Crippen LogP contribution is 2.51. The Labute approximate surface area is 173 Å². The number of piperidine rings is 1. The number of hydrogen-bond donors (Lipinski definition) is 0. The molecule has 154 valence electrons. The Morgan fingerprint density at radius 3 is 2.28 bits per heavy atom. The van der Waals surface area contributed by atoms with Crippen LogP contribution in [0.3, 0.4) is 0 Å². The van der Waals surface area contributed by atoms with Crippen molar-refractivity contribution in [2.45, 2.75) is 63.2 Å². The van der Waals surface area contributed by atoms with Crippen molar-refractivity contribution in [2.24, 2.45) is 0 Å². The van der Waals surface area contributed by atoms with Gasteiger partial charge in [0.1, 0.15) is 5.60 Å². The Hall–Kier alpha value is -2.33. The topological polar surface area (TPSA) is 38.8 Å². The van der Waals surface area contributed by atoms with Crippen LogP contribution in [0.4, 0.5) is 4.79 Å². The Morgan fingerprint density at radius 2 is 1.66 bits per heavy atom. The van der Waals surface area contributed by atoms with E-state index in [9.17, 15) is 4.79 Å². The molecular formula is C25H31NO3. The van der Waals surface area contributed by atoms with Gasteiger partial charge in [-0.15, -0.1) is 0 Å².